The van der Waals surface area contributed by atoms with Gasteiger partial charge in [-0.25, -0.2) is 9.69 Å². The summed E-state index contributed by atoms with van der Waals surface area (Å²) in [4.78, 5) is 24.9. The van der Waals surface area contributed by atoms with Crippen LogP contribution in [-0.4, -0.2) is 22.9 Å². The highest BCUT2D eigenvalue weighted by Gasteiger charge is 2.35. The number of terminal acetylenes is 1. The summed E-state index contributed by atoms with van der Waals surface area (Å²) in [5.74, 6) is 2.27. The summed E-state index contributed by atoms with van der Waals surface area (Å²) in [6.45, 7) is 1.87. The van der Waals surface area contributed by atoms with Crippen molar-refractivity contribution in [3.05, 3.63) is 35.9 Å². The zero-order valence-corrected chi connectivity index (χ0v) is 10.8. The van der Waals surface area contributed by atoms with Gasteiger partial charge in [-0.05, 0) is 18.9 Å². The van der Waals surface area contributed by atoms with Crippen LogP contribution in [0.5, 0.6) is 0 Å². The first-order chi connectivity index (χ1) is 9.13. The maximum Gasteiger partial charge on any atom is 0.325 e. The van der Waals surface area contributed by atoms with Crippen molar-refractivity contribution in [1.29, 1.82) is 0 Å². The summed E-state index contributed by atoms with van der Waals surface area (Å²) in [5, 5.41) is 2.80. The van der Waals surface area contributed by atoms with Gasteiger partial charge >= 0.3 is 6.03 Å². The number of hydrogen-bond donors (Lipinski definition) is 1. The zero-order chi connectivity index (χ0) is 13.8. The summed E-state index contributed by atoms with van der Waals surface area (Å²) in [7, 11) is 0. The Morgan fingerprint density at radius 2 is 2.16 bits per heavy atom. The highest BCUT2D eigenvalue weighted by Crippen LogP contribution is 2.19. The van der Waals surface area contributed by atoms with E-state index in [2.05, 4.69) is 11.2 Å². The first-order valence-electron chi connectivity index (χ1n) is 6.27. The second-order valence-corrected chi connectivity index (χ2v) is 4.57. The average molecular weight is 256 g/mol. The van der Waals surface area contributed by atoms with E-state index in [1.807, 2.05) is 37.3 Å². The third kappa shape index (κ3) is 2.76. The predicted octanol–water partition coefficient (Wildman–Crippen LogP) is 2.08. The van der Waals surface area contributed by atoms with Crippen LogP contribution in [0.25, 0.3) is 0 Å². The van der Waals surface area contributed by atoms with E-state index >= 15 is 0 Å². The lowest BCUT2D eigenvalue weighted by molar-refractivity contribution is -0.125. The van der Waals surface area contributed by atoms with Gasteiger partial charge in [0.2, 0.25) is 5.91 Å². The number of nitrogens with zero attached hydrogens (tertiary/aromatic N) is 1. The van der Waals surface area contributed by atoms with Gasteiger partial charge in [0, 0.05) is 6.42 Å². The van der Waals surface area contributed by atoms with E-state index in [1.165, 1.54) is 0 Å². The summed E-state index contributed by atoms with van der Waals surface area (Å²) < 4.78 is 0. The maximum absolute atomic E-state index is 12.1. The van der Waals surface area contributed by atoms with Crippen molar-refractivity contribution in [2.24, 2.45) is 0 Å². The van der Waals surface area contributed by atoms with E-state index in [9.17, 15) is 9.59 Å². The number of carbonyl (C=O) groups excluding carboxylic acids is 2. The van der Waals surface area contributed by atoms with Crippen LogP contribution in [0.15, 0.2) is 30.3 Å². The van der Waals surface area contributed by atoms with Crippen molar-refractivity contribution in [2.75, 3.05) is 0 Å². The smallest absolute Gasteiger partial charge is 0.325 e. The molecule has 0 aliphatic carbocycles. The van der Waals surface area contributed by atoms with Crippen LogP contribution in [-0.2, 0) is 4.79 Å². The highest BCUT2D eigenvalue weighted by atomic mass is 16.2. The molecule has 2 rings (SSSR count). The number of likely N-dealkylation sites (tertiary alicyclic amines) is 1. The fraction of sp³-hybridized carbons (Fsp3) is 0.333. The Bertz CT molecular complexity index is 519. The molecule has 0 unspecified atom stereocenters. The van der Waals surface area contributed by atoms with Gasteiger partial charge < -0.3 is 5.32 Å². The number of urea groups is 1. The normalized spacial score (nSPS) is 19.9. The minimum atomic E-state index is -0.421. The van der Waals surface area contributed by atoms with Crippen molar-refractivity contribution in [1.82, 2.24) is 10.2 Å². The molecule has 4 heteroatoms. The van der Waals surface area contributed by atoms with Crippen LogP contribution in [0.4, 0.5) is 4.79 Å². The number of benzene rings is 1. The van der Waals surface area contributed by atoms with E-state index in [4.69, 9.17) is 6.42 Å². The number of carbonyl (C=O) groups is 2. The molecular formula is C15H16N2O2. The van der Waals surface area contributed by atoms with Gasteiger partial charge in [-0.3, -0.25) is 4.79 Å². The fourth-order valence-corrected chi connectivity index (χ4v) is 2.18. The van der Waals surface area contributed by atoms with Crippen LogP contribution < -0.4 is 5.32 Å². The van der Waals surface area contributed by atoms with Crippen LogP contribution in [0.2, 0.25) is 0 Å². The fourth-order valence-electron chi connectivity index (χ4n) is 2.18. The third-order valence-corrected chi connectivity index (χ3v) is 3.26. The monoisotopic (exact) mass is 256 g/mol. The van der Waals surface area contributed by atoms with Gasteiger partial charge in [0.15, 0.2) is 0 Å². The molecule has 1 N–H and O–H groups in total. The molecule has 1 aromatic rings. The molecule has 1 aromatic carbocycles. The lowest BCUT2D eigenvalue weighted by Gasteiger charge is -2.22. The molecule has 0 spiro atoms. The largest absolute Gasteiger partial charge is 0.331 e. The Kier molecular flexibility index (Phi) is 3.86. The van der Waals surface area contributed by atoms with Gasteiger partial charge in [-0.1, -0.05) is 36.3 Å². The second-order valence-electron chi connectivity index (χ2n) is 4.57. The Morgan fingerprint density at radius 1 is 1.47 bits per heavy atom. The molecule has 98 valence electrons. The summed E-state index contributed by atoms with van der Waals surface area (Å²) >= 11 is 0. The number of rotatable bonds is 2. The number of imide groups is 1. The molecule has 0 bridgehead atoms. The molecule has 3 amide bonds. The van der Waals surface area contributed by atoms with Crippen LogP contribution in [0, 0.1) is 12.3 Å². The van der Waals surface area contributed by atoms with Crippen LogP contribution >= 0.6 is 0 Å². The Morgan fingerprint density at radius 3 is 2.79 bits per heavy atom. The lowest BCUT2D eigenvalue weighted by Crippen LogP contribution is -2.45. The molecule has 0 radical (unpaired) electrons. The molecular weight excluding hydrogens is 240 g/mol. The third-order valence-electron chi connectivity index (χ3n) is 3.26. The molecule has 1 heterocycles. The zero-order valence-electron chi connectivity index (χ0n) is 10.8. The number of hydrogen-bond acceptors (Lipinski definition) is 2. The minimum Gasteiger partial charge on any atom is -0.331 e. The Hall–Kier alpha value is -2.28. The standard InChI is InChI=1S/C15H16N2O2/c1-3-13-9-10-14(18)17(13)15(19)16-11(2)12-7-5-4-6-8-12/h1,4-8,11,13H,9-10H2,2H3,(H,16,19)/t11-,13-/m1/s1. The molecule has 19 heavy (non-hydrogen) atoms. The maximum atomic E-state index is 12.1. The van der Waals surface area contributed by atoms with Gasteiger partial charge in [-0.15, -0.1) is 6.42 Å². The minimum absolute atomic E-state index is 0.166. The van der Waals surface area contributed by atoms with Crippen LogP contribution in [0.1, 0.15) is 31.4 Å². The molecule has 1 aliphatic rings. The lowest BCUT2D eigenvalue weighted by atomic mass is 10.1. The number of nitrogens with one attached hydrogen (secondary N) is 1. The van der Waals surface area contributed by atoms with Crippen molar-refractivity contribution < 1.29 is 9.59 Å². The summed E-state index contributed by atoms with van der Waals surface area (Å²) in [6, 6.07) is 8.58. The van der Waals surface area contributed by atoms with E-state index in [1.54, 1.807) is 0 Å². The van der Waals surface area contributed by atoms with Crippen molar-refractivity contribution in [3.8, 4) is 12.3 Å². The Balaban J connectivity index is 2.05. The highest BCUT2D eigenvalue weighted by molar-refractivity contribution is 5.97. The van der Waals surface area contributed by atoms with E-state index in [0.717, 1.165) is 10.5 Å². The molecule has 4 nitrogen and oxygen atoms in total. The average Bonchev–Trinajstić information content (AvgIpc) is 2.80. The molecule has 2 atom stereocenters. The van der Waals surface area contributed by atoms with Crippen molar-refractivity contribution >= 4 is 11.9 Å². The first-order valence-corrected chi connectivity index (χ1v) is 6.27. The quantitative estimate of drug-likeness (QED) is 0.824. The molecule has 0 saturated carbocycles. The predicted molar refractivity (Wildman–Crippen MR) is 72.1 cm³/mol. The SMILES string of the molecule is C#C[C@@H]1CCC(=O)N1C(=O)N[C@H](C)c1ccccc1. The summed E-state index contributed by atoms with van der Waals surface area (Å²) in [5.41, 5.74) is 0.986. The van der Waals surface area contributed by atoms with Gasteiger partial charge in [0.25, 0.3) is 0 Å². The molecule has 1 aliphatic heterocycles. The van der Waals surface area contributed by atoms with E-state index in [-0.39, 0.29) is 11.9 Å². The van der Waals surface area contributed by atoms with Gasteiger partial charge in [0.1, 0.15) is 6.04 Å². The summed E-state index contributed by atoms with van der Waals surface area (Å²) in [6.07, 6.45) is 6.22. The second kappa shape index (κ2) is 5.57. The number of amides is 3. The van der Waals surface area contributed by atoms with E-state index in [0.29, 0.717) is 12.8 Å². The first kappa shape index (κ1) is 13.2. The molecule has 1 saturated heterocycles. The van der Waals surface area contributed by atoms with Gasteiger partial charge in [-0.2, -0.15) is 0 Å². The molecule has 1 fully saturated rings. The van der Waals surface area contributed by atoms with Crippen LogP contribution in [0.3, 0.4) is 0 Å². The Labute approximate surface area is 112 Å². The molecule has 0 aromatic heterocycles. The van der Waals surface area contributed by atoms with Gasteiger partial charge in [0.05, 0.1) is 6.04 Å². The van der Waals surface area contributed by atoms with E-state index < -0.39 is 12.1 Å². The topological polar surface area (TPSA) is 49.4 Å². The van der Waals surface area contributed by atoms with Crippen molar-refractivity contribution in [2.45, 2.75) is 31.8 Å². The van der Waals surface area contributed by atoms with Crippen molar-refractivity contribution in [3.63, 3.8) is 0 Å².